The zero-order valence-electron chi connectivity index (χ0n) is 15.7. The second kappa shape index (κ2) is 8.80. The van der Waals surface area contributed by atoms with Crippen molar-refractivity contribution in [1.29, 1.82) is 0 Å². The third-order valence-corrected chi connectivity index (χ3v) is 7.71. The Morgan fingerprint density at radius 3 is 2.44 bits per heavy atom. The number of amides is 2. The highest BCUT2D eigenvalue weighted by Gasteiger charge is 2.37. The van der Waals surface area contributed by atoms with Crippen molar-refractivity contribution in [3.63, 3.8) is 0 Å². The molecule has 1 unspecified atom stereocenters. The van der Waals surface area contributed by atoms with Gasteiger partial charge in [0, 0.05) is 24.2 Å². The fourth-order valence-electron chi connectivity index (χ4n) is 4.10. The van der Waals surface area contributed by atoms with Gasteiger partial charge in [-0.05, 0) is 56.9 Å². The number of carbonyl (C=O) groups excluding carboxylic acids is 1. The molecule has 0 aromatic heterocycles. The van der Waals surface area contributed by atoms with Crippen molar-refractivity contribution < 1.29 is 13.2 Å². The minimum absolute atomic E-state index is 0.160. The first-order valence-corrected chi connectivity index (χ1v) is 11.6. The van der Waals surface area contributed by atoms with E-state index < -0.39 is 16.2 Å². The molecule has 27 heavy (non-hydrogen) atoms. The third-order valence-electron chi connectivity index (χ3n) is 5.53. The van der Waals surface area contributed by atoms with E-state index in [1.54, 1.807) is 12.1 Å². The Hall–Kier alpha value is -1.31. The summed E-state index contributed by atoms with van der Waals surface area (Å²) in [6.07, 6.45) is 6.43. The standard InChI is InChI=1S/C19H28ClN3O3S/c1-2-22(16-7-4-3-5-8-16)19(24)21-18-9-6-14-23(18)27(25,26)17-12-10-15(20)11-13-17/h10-13,16,18H,2-9,14H2,1H3,(H,21,24). The second-order valence-corrected chi connectivity index (χ2v) is 9.58. The van der Waals surface area contributed by atoms with Crippen LogP contribution in [0.5, 0.6) is 0 Å². The summed E-state index contributed by atoms with van der Waals surface area (Å²) in [6, 6.07) is 6.25. The topological polar surface area (TPSA) is 69.7 Å². The number of benzene rings is 1. The SMILES string of the molecule is CCN(C(=O)NC1CCCN1S(=O)(=O)c1ccc(Cl)cc1)C1CCCCC1. The summed E-state index contributed by atoms with van der Waals surface area (Å²) in [5, 5.41) is 3.46. The maximum absolute atomic E-state index is 13.0. The maximum Gasteiger partial charge on any atom is 0.318 e. The molecule has 2 fully saturated rings. The van der Waals surface area contributed by atoms with Crippen LogP contribution in [-0.4, -0.2) is 49.0 Å². The summed E-state index contributed by atoms with van der Waals surface area (Å²) in [7, 11) is -3.67. The number of hydrogen-bond donors (Lipinski definition) is 1. The zero-order chi connectivity index (χ0) is 19.4. The van der Waals surface area contributed by atoms with Crippen LogP contribution < -0.4 is 5.32 Å². The number of urea groups is 1. The first-order valence-electron chi connectivity index (χ1n) is 9.78. The molecule has 2 amide bonds. The molecule has 3 rings (SSSR count). The number of carbonyl (C=O) groups is 1. The summed E-state index contributed by atoms with van der Waals surface area (Å²) >= 11 is 5.87. The molecule has 8 heteroatoms. The molecular formula is C19H28ClN3O3S. The van der Waals surface area contributed by atoms with E-state index in [4.69, 9.17) is 11.6 Å². The molecule has 1 N–H and O–H groups in total. The van der Waals surface area contributed by atoms with Gasteiger partial charge in [0.05, 0.1) is 11.1 Å². The molecule has 0 bridgehead atoms. The highest BCUT2D eigenvalue weighted by atomic mass is 35.5. The Balaban J connectivity index is 1.71. The zero-order valence-corrected chi connectivity index (χ0v) is 17.3. The molecule has 1 aliphatic carbocycles. The first kappa shape index (κ1) is 20.4. The van der Waals surface area contributed by atoms with E-state index in [0.717, 1.165) is 32.1 Å². The summed E-state index contributed by atoms with van der Waals surface area (Å²) in [5.74, 6) is 0. The van der Waals surface area contributed by atoms with Gasteiger partial charge in [0.1, 0.15) is 0 Å². The van der Waals surface area contributed by atoms with Crippen LogP contribution in [0.2, 0.25) is 5.02 Å². The van der Waals surface area contributed by atoms with Gasteiger partial charge in [-0.3, -0.25) is 0 Å². The average Bonchev–Trinajstić information content (AvgIpc) is 3.12. The fourth-order valence-corrected chi connectivity index (χ4v) is 5.84. The smallest absolute Gasteiger partial charge is 0.318 e. The van der Waals surface area contributed by atoms with Gasteiger partial charge in [-0.1, -0.05) is 30.9 Å². The van der Waals surface area contributed by atoms with Crippen LogP contribution in [0.15, 0.2) is 29.2 Å². The van der Waals surface area contributed by atoms with Crippen LogP contribution in [0.1, 0.15) is 51.9 Å². The van der Waals surface area contributed by atoms with Gasteiger partial charge >= 0.3 is 6.03 Å². The molecule has 150 valence electrons. The molecule has 2 aliphatic rings. The Morgan fingerprint density at radius 2 is 1.81 bits per heavy atom. The van der Waals surface area contributed by atoms with Crippen LogP contribution in [0, 0.1) is 0 Å². The molecule has 6 nitrogen and oxygen atoms in total. The van der Waals surface area contributed by atoms with E-state index in [0.29, 0.717) is 24.5 Å². The predicted molar refractivity (Wildman–Crippen MR) is 106 cm³/mol. The molecular weight excluding hydrogens is 386 g/mol. The van der Waals surface area contributed by atoms with Crippen molar-refractivity contribution in [2.45, 2.75) is 69.0 Å². The molecule has 1 aromatic rings. The van der Waals surface area contributed by atoms with Crippen molar-refractivity contribution in [3.8, 4) is 0 Å². The molecule has 1 heterocycles. The van der Waals surface area contributed by atoms with Crippen molar-refractivity contribution in [3.05, 3.63) is 29.3 Å². The lowest BCUT2D eigenvalue weighted by Crippen LogP contribution is -2.53. The second-order valence-electron chi connectivity index (χ2n) is 7.26. The maximum atomic E-state index is 13.0. The molecule has 1 aliphatic heterocycles. The lowest BCUT2D eigenvalue weighted by atomic mass is 9.94. The molecule has 1 saturated carbocycles. The predicted octanol–water partition coefficient (Wildman–Crippen LogP) is 3.81. The summed E-state index contributed by atoms with van der Waals surface area (Å²) in [4.78, 5) is 14.9. The van der Waals surface area contributed by atoms with E-state index in [9.17, 15) is 13.2 Å². The summed E-state index contributed by atoms with van der Waals surface area (Å²) in [5.41, 5.74) is 0. The molecule has 1 aromatic carbocycles. The number of halogens is 1. The Bertz CT molecular complexity index is 748. The van der Waals surface area contributed by atoms with Crippen molar-refractivity contribution in [1.82, 2.24) is 14.5 Å². The lowest BCUT2D eigenvalue weighted by Gasteiger charge is -2.35. The Morgan fingerprint density at radius 1 is 1.15 bits per heavy atom. The van der Waals surface area contributed by atoms with Gasteiger partial charge in [0.15, 0.2) is 0 Å². The minimum atomic E-state index is -3.67. The fraction of sp³-hybridized carbons (Fsp3) is 0.632. The van der Waals surface area contributed by atoms with Gasteiger partial charge in [-0.2, -0.15) is 4.31 Å². The number of nitrogens with zero attached hydrogens (tertiary/aromatic N) is 2. The van der Waals surface area contributed by atoms with Crippen LogP contribution in [0.4, 0.5) is 4.79 Å². The number of nitrogens with one attached hydrogen (secondary N) is 1. The molecule has 0 radical (unpaired) electrons. The van der Waals surface area contributed by atoms with Crippen LogP contribution in [-0.2, 0) is 10.0 Å². The van der Waals surface area contributed by atoms with Gasteiger partial charge in [-0.15, -0.1) is 0 Å². The Kier molecular flexibility index (Phi) is 6.65. The van der Waals surface area contributed by atoms with E-state index in [1.807, 2.05) is 11.8 Å². The quantitative estimate of drug-likeness (QED) is 0.797. The monoisotopic (exact) mass is 413 g/mol. The third kappa shape index (κ3) is 4.58. The van der Waals surface area contributed by atoms with Crippen LogP contribution >= 0.6 is 11.6 Å². The normalized spacial score (nSPS) is 21.9. The van der Waals surface area contributed by atoms with Gasteiger partial charge in [-0.25, -0.2) is 13.2 Å². The van der Waals surface area contributed by atoms with E-state index in [-0.39, 0.29) is 17.0 Å². The Labute approximate surface area is 166 Å². The van der Waals surface area contributed by atoms with Crippen LogP contribution in [0.3, 0.4) is 0 Å². The van der Waals surface area contributed by atoms with Crippen LogP contribution in [0.25, 0.3) is 0 Å². The van der Waals surface area contributed by atoms with Gasteiger partial charge in [0.2, 0.25) is 10.0 Å². The highest BCUT2D eigenvalue weighted by Crippen LogP contribution is 2.27. The van der Waals surface area contributed by atoms with Gasteiger partial charge in [0.25, 0.3) is 0 Å². The minimum Gasteiger partial charge on any atom is -0.322 e. The van der Waals surface area contributed by atoms with E-state index in [2.05, 4.69) is 5.32 Å². The molecule has 1 saturated heterocycles. The lowest BCUT2D eigenvalue weighted by molar-refractivity contribution is 0.151. The summed E-state index contributed by atoms with van der Waals surface area (Å²) < 4.78 is 27.4. The van der Waals surface area contributed by atoms with Gasteiger partial charge < -0.3 is 10.2 Å². The number of hydrogen-bond acceptors (Lipinski definition) is 3. The van der Waals surface area contributed by atoms with Crippen molar-refractivity contribution >= 4 is 27.7 Å². The molecule has 1 atom stereocenters. The largest absolute Gasteiger partial charge is 0.322 e. The van der Waals surface area contributed by atoms with Crippen molar-refractivity contribution in [2.24, 2.45) is 0 Å². The number of rotatable bonds is 5. The van der Waals surface area contributed by atoms with Crippen molar-refractivity contribution in [2.75, 3.05) is 13.1 Å². The molecule has 0 spiro atoms. The highest BCUT2D eigenvalue weighted by molar-refractivity contribution is 7.89. The average molecular weight is 414 g/mol. The summed E-state index contributed by atoms with van der Waals surface area (Å²) in [6.45, 7) is 3.02. The van der Waals surface area contributed by atoms with E-state index >= 15 is 0 Å². The first-order chi connectivity index (χ1) is 12.9. The number of sulfonamides is 1. The van der Waals surface area contributed by atoms with E-state index in [1.165, 1.54) is 22.9 Å².